The molecule has 2 nitrogen and oxygen atoms in total. The Bertz CT molecular complexity index is 214. The predicted molar refractivity (Wildman–Crippen MR) is 70.1 cm³/mol. The maximum Gasteiger partial charge on any atom is 0.168 e. The average Bonchev–Trinajstić information content (AvgIpc) is 2.36. The Balaban J connectivity index is 2.40. The van der Waals surface area contributed by atoms with Crippen LogP contribution in [0.4, 0.5) is 0 Å². The first-order valence-corrected chi connectivity index (χ1v) is 6.49. The first kappa shape index (κ1) is 12.8. The van der Waals surface area contributed by atoms with Gasteiger partial charge in [0.05, 0.1) is 0 Å². The summed E-state index contributed by atoms with van der Waals surface area (Å²) in [5.41, 5.74) is 0.495. The molecule has 0 aromatic carbocycles. The zero-order chi connectivity index (χ0) is 11.3. The minimum atomic E-state index is 0.495. The molecule has 1 aliphatic rings. The highest BCUT2D eigenvalue weighted by molar-refractivity contribution is 7.80. The minimum absolute atomic E-state index is 0.495. The van der Waals surface area contributed by atoms with Gasteiger partial charge in [0.15, 0.2) is 5.11 Å². The van der Waals surface area contributed by atoms with Gasteiger partial charge in [-0.15, -0.1) is 0 Å². The van der Waals surface area contributed by atoms with Crippen molar-refractivity contribution in [1.82, 2.24) is 10.2 Å². The van der Waals surface area contributed by atoms with E-state index in [0.29, 0.717) is 5.41 Å². The van der Waals surface area contributed by atoms with Gasteiger partial charge in [-0.25, -0.2) is 0 Å². The molecular formula is C12H24N2S. The maximum atomic E-state index is 5.39. The summed E-state index contributed by atoms with van der Waals surface area (Å²) in [6.45, 7) is 10.1. The van der Waals surface area contributed by atoms with E-state index in [1.807, 2.05) is 0 Å². The van der Waals surface area contributed by atoms with Gasteiger partial charge in [-0.3, -0.25) is 0 Å². The fraction of sp³-hybridized carbons (Fsp3) is 0.917. The lowest BCUT2D eigenvalue weighted by Gasteiger charge is -2.25. The van der Waals surface area contributed by atoms with Gasteiger partial charge in [-0.05, 0) is 43.3 Å². The monoisotopic (exact) mass is 228 g/mol. The molecule has 88 valence electrons. The summed E-state index contributed by atoms with van der Waals surface area (Å²) in [5, 5.41) is 4.27. The standard InChI is InChI=1S/C12H24N2S/c1-4-8-13-11(15)14-9-5-6-12(2,3)7-10-14/h4-10H2,1-3H3,(H,13,15). The average molecular weight is 228 g/mol. The second-order valence-electron chi connectivity index (χ2n) is 5.24. The molecule has 0 radical (unpaired) electrons. The molecule has 1 fully saturated rings. The zero-order valence-corrected chi connectivity index (χ0v) is 11.1. The molecule has 0 atom stereocenters. The molecule has 15 heavy (non-hydrogen) atoms. The van der Waals surface area contributed by atoms with Crippen LogP contribution in [0.3, 0.4) is 0 Å². The number of nitrogens with one attached hydrogen (secondary N) is 1. The largest absolute Gasteiger partial charge is 0.363 e. The van der Waals surface area contributed by atoms with Crippen LogP contribution in [-0.2, 0) is 0 Å². The summed E-state index contributed by atoms with van der Waals surface area (Å²) in [5.74, 6) is 0. The summed E-state index contributed by atoms with van der Waals surface area (Å²) in [7, 11) is 0. The van der Waals surface area contributed by atoms with Gasteiger partial charge in [0.1, 0.15) is 0 Å². The van der Waals surface area contributed by atoms with Crippen LogP contribution in [0.1, 0.15) is 46.5 Å². The molecule has 0 aromatic rings. The molecule has 0 aliphatic carbocycles. The Morgan fingerprint density at radius 3 is 2.73 bits per heavy atom. The van der Waals surface area contributed by atoms with E-state index < -0.39 is 0 Å². The highest BCUT2D eigenvalue weighted by atomic mass is 32.1. The van der Waals surface area contributed by atoms with Gasteiger partial charge in [-0.1, -0.05) is 20.8 Å². The molecule has 1 rings (SSSR count). The van der Waals surface area contributed by atoms with Crippen molar-refractivity contribution in [2.75, 3.05) is 19.6 Å². The summed E-state index contributed by atoms with van der Waals surface area (Å²) < 4.78 is 0. The van der Waals surface area contributed by atoms with Crippen molar-refractivity contribution in [1.29, 1.82) is 0 Å². The van der Waals surface area contributed by atoms with E-state index in [-0.39, 0.29) is 0 Å². The van der Waals surface area contributed by atoms with Gasteiger partial charge in [0, 0.05) is 19.6 Å². The molecule has 0 unspecified atom stereocenters. The highest BCUT2D eigenvalue weighted by Gasteiger charge is 2.23. The van der Waals surface area contributed by atoms with E-state index in [4.69, 9.17) is 12.2 Å². The smallest absolute Gasteiger partial charge is 0.168 e. The number of likely N-dealkylation sites (tertiary alicyclic amines) is 1. The topological polar surface area (TPSA) is 15.3 Å². The van der Waals surface area contributed by atoms with Crippen molar-refractivity contribution in [3.8, 4) is 0 Å². The molecule has 0 bridgehead atoms. The third-order valence-corrected chi connectivity index (χ3v) is 3.56. The van der Waals surface area contributed by atoms with Gasteiger partial charge in [0.25, 0.3) is 0 Å². The van der Waals surface area contributed by atoms with Crippen LogP contribution >= 0.6 is 12.2 Å². The Morgan fingerprint density at radius 2 is 2.07 bits per heavy atom. The molecule has 1 heterocycles. The lowest BCUT2D eigenvalue weighted by molar-refractivity contribution is 0.313. The Morgan fingerprint density at radius 1 is 1.33 bits per heavy atom. The van der Waals surface area contributed by atoms with Gasteiger partial charge in [0.2, 0.25) is 0 Å². The molecule has 3 heteroatoms. The van der Waals surface area contributed by atoms with Gasteiger partial charge in [-0.2, -0.15) is 0 Å². The van der Waals surface area contributed by atoms with Crippen LogP contribution in [0.15, 0.2) is 0 Å². The van der Waals surface area contributed by atoms with Crippen molar-refractivity contribution < 1.29 is 0 Å². The fourth-order valence-electron chi connectivity index (χ4n) is 1.97. The van der Waals surface area contributed by atoms with E-state index in [2.05, 4.69) is 31.0 Å². The normalized spacial score (nSPS) is 20.9. The SMILES string of the molecule is CCCNC(=S)N1CCCC(C)(C)CC1. The first-order chi connectivity index (χ1) is 7.05. The molecule has 0 saturated carbocycles. The van der Waals surface area contributed by atoms with Crippen LogP contribution in [0.2, 0.25) is 0 Å². The number of thiocarbonyl (C=S) groups is 1. The quantitative estimate of drug-likeness (QED) is 0.732. The van der Waals surface area contributed by atoms with E-state index in [1.54, 1.807) is 0 Å². The Hall–Kier alpha value is -0.310. The lowest BCUT2D eigenvalue weighted by Crippen LogP contribution is -2.40. The molecule has 1 N–H and O–H groups in total. The van der Waals surface area contributed by atoms with Crippen LogP contribution < -0.4 is 5.32 Å². The summed E-state index contributed by atoms with van der Waals surface area (Å²) in [6.07, 6.45) is 4.97. The van der Waals surface area contributed by atoms with Gasteiger partial charge >= 0.3 is 0 Å². The molecule has 0 amide bonds. The summed E-state index contributed by atoms with van der Waals surface area (Å²) in [6, 6.07) is 0. The van der Waals surface area contributed by atoms with Crippen molar-refractivity contribution in [3.63, 3.8) is 0 Å². The van der Waals surface area contributed by atoms with Crippen molar-refractivity contribution in [2.45, 2.75) is 46.5 Å². The van der Waals surface area contributed by atoms with Crippen LogP contribution in [-0.4, -0.2) is 29.6 Å². The van der Waals surface area contributed by atoms with E-state index >= 15 is 0 Å². The third kappa shape index (κ3) is 4.37. The molecule has 0 aromatic heterocycles. The number of hydrogen-bond acceptors (Lipinski definition) is 1. The van der Waals surface area contributed by atoms with Crippen LogP contribution in [0.5, 0.6) is 0 Å². The zero-order valence-electron chi connectivity index (χ0n) is 10.3. The highest BCUT2D eigenvalue weighted by Crippen LogP contribution is 2.29. The van der Waals surface area contributed by atoms with E-state index in [0.717, 1.165) is 31.2 Å². The molecule has 1 aliphatic heterocycles. The number of rotatable bonds is 2. The first-order valence-electron chi connectivity index (χ1n) is 6.08. The second-order valence-corrected chi connectivity index (χ2v) is 5.62. The number of hydrogen-bond donors (Lipinski definition) is 1. The van der Waals surface area contributed by atoms with Crippen molar-refractivity contribution >= 4 is 17.3 Å². The Kier molecular flexibility index (Phi) is 4.84. The fourth-order valence-corrected chi connectivity index (χ4v) is 2.25. The molecule has 1 saturated heterocycles. The van der Waals surface area contributed by atoms with E-state index in [1.165, 1.54) is 19.3 Å². The van der Waals surface area contributed by atoms with Crippen LogP contribution in [0.25, 0.3) is 0 Å². The van der Waals surface area contributed by atoms with Gasteiger partial charge < -0.3 is 10.2 Å². The summed E-state index contributed by atoms with van der Waals surface area (Å²) >= 11 is 5.39. The van der Waals surface area contributed by atoms with E-state index in [9.17, 15) is 0 Å². The summed E-state index contributed by atoms with van der Waals surface area (Å²) in [4.78, 5) is 2.33. The van der Waals surface area contributed by atoms with Crippen molar-refractivity contribution in [3.05, 3.63) is 0 Å². The third-order valence-electron chi connectivity index (χ3n) is 3.15. The molecule has 0 spiro atoms. The predicted octanol–water partition coefficient (Wildman–Crippen LogP) is 2.78. The lowest BCUT2D eigenvalue weighted by atomic mass is 9.85. The molecular weight excluding hydrogens is 204 g/mol. The van der Waals surface area contributed by atoms with Crippen LogP contribution in [0, 0.1) is 5.41 Å². The minimum Gasteiger partial charge on any atom is -0.363 e. The number of nitrogens with zero attached hydrogens (tertiary/aromatic N) is 1. The maximum absolute atomic E-state index is 5.39. The second kappa shape index (κ2) is 5.69. The van der Waals surface area contributed by atoms with Crippen molar-refractivity contribution in [2.24, 2.45) is 5.41 Å². The Labute approximate surface area is 99.4 Å².